The number of rotatable bonds is 6. The average Bonchev–Trinajstić information content (AvgIpc) is 2.10. The molecule has 0 spiro atoms. The van der Waals surface area contributed by atoms with Crippen molar-refractivity contribution in [1.29, 1.82) is 5.41 Å². The molecule has 0 amide bonds. The molecule has 6 heteroatoms. The normalized spacial score (nSPS) is 12.0. The SMILES string of the molecule is C=CCN/C(=C(\C=N)C(=O)Cl)C(F)F. The second kappa shape index (κ2) is 6.26. The van der Waals surface area contributed by atoms with E-state index in [4.69, 9.17) is 17.0 Å². The summed E-state index contributed by atoms with van der Waals surface area (Å²) in [7, 11) is 0. The molecule has 0 aromatic carbocycles. The fraction of sp³-hybridized carbons (Fsp3) is 0.250. The molecule has 0 rings (SSSR count). The number of hydrogen-bond donors (Lipinski definition) is 2. The number of carbonyl (C=O) groups is 1. The van der Waals surface area contributed by atoms with Crippen molar-refractivity contribution in [3.8, 4) is 0 Å². The van der Waals surface area contributed by atoms with Crippen molar-refractivity contribution in [2.45, 2.75) is 6.43 Å². The zero-order chi connectivity index (χ0) is 11.1. The Morgan fingerprint density at radius 1 is 1.64 bits per heavy atom. The zero-order valence-electron chi connectivity index (χ0n) is 7.19. The third-order valence-electron chi connectivity index (χ3n) is 1.30. The highest BCUT2D eigenvalue weighted by molar-refractivity contribution is 6.70. The molecule has 0 bridgehead atoms. The number of nitrogens with one attached hydrogen (secondary N) is 2. The topological polar surface area (TPSA) is 53.0 Å². The van der Waals surface area contributed by atoms with Crippen molar-refractivity contribution < 1.29 is 13.6 Å². The monoisotopic (exact) mass is 222 g/mol. The van der Waals surface area contributed by atoms with E-state index in [2.05, 4.69) is 11.9 Å². The van der Waals surface area contributed by atoms with Gasteiger partial charge in [0.25, 0.3) is 11.7 Å². The minimum absolute atomic E-state index is 0.0706. The number of allylic oxidation sites excluding steroid dienone is 2. The second-order valence-electron chi connectivity index (χ2n) is 2.22. The van der Waals surface area contributed by atoms with E-state index in [1.165, 1.54) is 6.08 Å². The van der Waals surface area contributed by atoms with E-state index < -0.39 is 22.9 Å². The van der Waals surface area contributed by atoms with Crippen molar-refractivity contribution in [3.05, 3.63) is 23.9 Å². The fourth-order valence-corrected chi connectivity index (χ4v) is 0.869. The lowest BCUT2D eigenvalue weighted by atomic mass is 10.2. The number of carbonyl (C=O) groups excluding carboxylic acids is 1. The van der Waals surface area contributed by atoms with Crippen LogP contribution in [0, 0.1) is 5.41 Å². The third-order valence-corrected chi connectivity index (χ3v) is 1.50. The molecule has 0 aromatic heterocycles. The van der Waals surface area contributed by atoms with Gasteiger partial charge in [-0.25, -0.2) is 8.78 Å². The molecule has 0 unspecified atom stereocenters. The van der Waals surface area contributed by atoms with Gasteiger partial charge < -0.3 is 10.7 Å². The summed E-state index contributed by atoms with van der Waals surface area (Å²) in [5.74, 6) is 0. The van der Waals surface area contributed by atoms with Crippen LogP contribution in [-0.4, -0.2) is 24.4 Å². The van der Waals surface area contributed by atoms with Gasteiger partial charge in [-0.3, -0.25) is 4.79 Å². The van der Waals surface area contributed by atoms with E-state index in [9.17, 15) is 13.6 Å². The summed E-state index contributed by atoms with van der Waals surface area (Å²) < 4.78 is 24.7. The molecule has 78 valence electrons. The summed E-state index contributed by atoms with van der Waals surface area (Å²) in [6, 6.07) is 0. The van der Waals surface area contributed by atoms with Crippen molar-refractivity contribution in [3.63, 3.8) is 0 Å². The molecule has 0 saturated heterocycles. The van der Waals surface area contributed by atoms with Crippen molar-refractivity contribution in [2.75, 3.05) is 6.54 Å². The van der Waals surface area contributed by atoms with Crippen molar-refractivity contribution in [1.82, 2.24) is 5.32 Å². The molecule has 0 aliphatic heterocycles. The van der Waals surface area contributed by atoms with Gasteiger partial charge in [-0.2, -0.15) is 0 Å². The maximum atomic E-state index is 12.4. The summed E-state index contributed by atoms with van der Waals surface area (Å²) in [6.45, 7) is 3.39. The maximum absolute atomic E-state index is 12.4. The Labute approximate surface area is 84.9 Å². The standard InChI is InChI=1S/C8H9ClF2N2O/c1-2-3-13-6(8(10)11)5(4-12)7(9)14/h2,4,8,12-13H,1,3H2/b6-5+,12-4?. The van der Waals surface area contributed by atoms with Gasteiger partial charge in [0.05, 0.1) is 11.3 Å². The van der Waals surface area contributed by atoms with Gasteiger partial charge in [-0.1, -0.05) is 6.08 Å². The van der Waals surface area contributed by atoms with Crippen LogP contribution in [0.25, 0.3) is 0 Å². The molecule has 0 aliphatic rings. The minimum Gasteiger partial charge on any atom is -0.380 e. The largest absolute Gasteiger partial charge is 0.380 e. The van der Waals surface area contributed by atoms with Crippen LogP contribution in [0.3, 0.4) is 0 Å². The van der Waals surface area contributed by atoms with Crippen LogP contribution >= 0.6 is 11.6 Å². The number of hydrogen-bond acceptors (Lipinski definition) is 3. The van der Waals surface area contributed by atoms with Crippen LogP contribution in [0.4, 0.5) is 8.78 Å². The van der Waals surface area contributed by atoms with Crippen LogP contribution in [0.15, 0.2) is 23.9 Å². The van der Waals surface area contributed by atoms with Gasteiger partial charge in [0.1, 0.15) is 0 Å². The lowest BCUT2D eigenvalue weighted by Gasteiger charge is -2.09. The number of halogens is 3. The van der Waals surface area contributed by atoms with E-state index in [1.54, 1.807) is 0 Å². The molecular weight excluding hydrogens is 214 g/mol. The average molecular weight is 223 g/mol. The molecule has 0 atom stereocenters. The predicted octanol–water partition coefficient (Wildman–Crippen LogP) is 1.70. The highest BCUT2D eigenvalue weighted by Gasteiger charge is 2.18. The fourth-order valence-electron chi connectivity index (χ4n) is 0.712. The Bertz CT molecular complexity index is 277. The lowest BCUT2D eigenvalue weighted by Crippen LogP contribution is -2.23. The first-order chi connectivity index (χ1) is 6.54. The van der Waals surface area contributed by atoms with Gasteiger partial charge in [0, 0.05) is 12.8 Å². The third kappa shape index (κ3) is 3.66. The molecule has 0 aliphatic carbocycles. The van der Waals surface area contributed by atoms with E-state index in [1.807, 2.05) is 0 Å². The van der Waals surface area contributed by atoms with Gasteiger partial charge in [0.2, 0.25) is 0 Å². The first-order valence-corrected chi connectivity index (χ1v) is 3.99. The summed E-state index contributed by atoms with van der Waals surface area (Å²) in [4.78, 5) is 10.6. The van der Waals surface area contributed by atoms with Gasteiger partial charge >= 0.3 is 0 Å². The van der Waals surface area contributed by atoms with Crippen LogP contribution in [0.5, 0.6) is 0 Å². The summed E-state index contributed by atoms with van der Waals surface area (Å²) >= 11 is 5.01. The lowest BCUT2D eigenvalue weighted by molar-refractivity contribution is -0.108. The Morgan fingerprint density at radius 2 is 2.21 bits per heavy atom. The quantitative estimate of drug-likeness (QED) is 0.311. The predicted molar refractivity (Wildman–Crippen MR) is 50.9 cm³/mol. The molecule has 0 saturated carbocycles. The van der Waals surface area contributed by atoms with E-state index >= 15 is 0 Å². The first-order valence-electron chi connectivity index (χ1n) is 3.62. The molecule has 0 aromatic rings. The van der Waals surface area contributed by atoms with E-state index in [-0.39, 0.29) is 6.54 Å². The summed E-state index contributed by atoms with van der Waals surface area (Å²) in [6.07, 6.45) is -1.04. The highest BCUT2D eigenvalue weighted by Crippen LogP contribution is 2.12. The van der Waals surface area contributed by atoms with Crippen molar-refractivity contribution >= 4 is 23.1 Å². The van der Waals surface area contributed by atoms with Crippen LogP contribution < -0.4 is 5.32 Å². The van der Waals surface area contributed by atoms with Crippen LogP contribution in [-0.2, 0) is 4.79 Å². The maximum Gasteiger partial charge on any atom is 0.278 e. The second-order valence-corrected chi connectivity index (χ2v) is 2.56. The Hall–Kier alpha value is -1.23. The van der Waals surface area contributed by atoms with Crippen molar-refractivity contribution in [2.24, 2.45) is 0 Å². The van der Waals surface area contributed by atoms with E-state index in [0.717, 1.165) is 0 Å². The molecule has 3 nitrogen and oxygen atoms in total. The summed E-state index contributed by atoms with van der Waals surface area (Å²) in [5, 5.41) is 7.93. The zero-order valence-corrected chi connectivity index (χ0v) is 7.94. The molecule has 2 N–H and O–H groups in total. The summed E-state index contributed by atoms with van der Waals surface area (Å²) in [5.41, 5.74) is -1.19. The highest BCUT2D eigenvalue weighted by atomic mass is 35.5. The molecule has 14 heavy (non-hydrogen) atoms. The van der Waals surface area contributed by atoms with Crippen LogP contribution in [0.2, 0.25) is 0 Å². The Kier molecular flexibility index (Phi) is 5.71. The first kappa shape index (κ1) is 12.8. The smallest absolute Gasteiger partial charge is 0.278 e. The Balaban J connectivity index is 4.98. The van der Waals surface area contributed by atoms with Gasteiger partial charge in [-0.15, -0.1) is 6.58 Å². The molecule has 0 radical (unpaired) electrons. The van der Waals surface area contributed by atoms with E-state index in [0.29, 0.717) is 6.21 Å². The van der Waals surface area contributed by atoms with Gasteiger partial charge in [0.15, 0.2) is 0 Å². The van der Waals surface area contributed by atoms with Gasteiger partial charge in [-0.05, 0) is 11.6 Å². The van der Waals surface area contributed by atoms with Crippen LogP contribution in [0.1, 0.15) is 0 Å². The number of alkyl halides is 2. The molecular formula is C8H9ClF2N2O. The molecule has 0 heterocycles. The molecule has 0 fully saturated rings. The minimum atomic E-state index is -2.88. The Morgan fingerprint density at radius 3 is 2.50 bits per heavy atom.